The van der Waals surface area contributed by atoms with Gasteiger partial charge < -0.3 is 4.90 Å². The maximum absolute atomic E-state index is 13.0. The fraction of sp³-hybridized carbons (Fsp3) is 0.944. The molecule has 3 heteroatoms. The lowest BCUT2D eigenvalue weighted by molar-refractivity contribution is -0.135. The fourth-order valence-electron chi connectivity index (χ4n) is 4.14. The van der Waals surface area contributed by atoms with Crippen LogP contribution in [-0.4, -0.2) is 29.1 Å². The molecular formula is C18H34N2O. The van der Waals surface area contributed by atoms with Gasteiger partial charge in [0.15, 0.2) is 0 Å². The minimum atomic E-state index is 0.0295. The van der Waals surface area contributed by atoms with Crippen LogP contribution in [-0.2, 0) is 4.79 Å². The normalized spacial score (nSPS) is 37.8. The number of hydrogen-bond acceptors (Lipinski definition) is 2. The Kier molecular flexibility index (Phi) is 5.34. The summed E-state index contributed by atoms with van der Waals surface area (Å²) in [6.07, 6.45) is 4.93. The van der Waals surface area contributed by atoms with Crippen molar-refractivity contribution in [1.82, 2.24) is 10.2 Å². The molecule has 0 aromatic carbocycles. The predicted octanol–water partition coefficient (Wildman–Crippen LogP) is 3.64. The zero-order valence-electron chi connectivity index (χ0n) is 14.7. The Hall–Kier alpha value is -0.570. The van der Waals surface area contributed by atoms with Crippen LogP contribution in [0.2, 0.25) is 0 Å². The molecule has 1 aliphatic heterocycles. The summed E-state index contributed by atoms with van der Waals surface area (Å²) in [6, 6.07) is 0.458. The van der Waals surface area contributed by atoms with Gasteiger partial charge in [-0.05, 0) is 36.5 Å². The summed E-state index contributed by atoms with van der Waals surface area (Å²) < 4.78 is 0. The third-order valence-corrected chi connectivity index (χ3v) is 5.58. The average molecular weight is 294 g/mol. The fourth-order valence-corrected chi connectivity index (χ4v) is 4.14. The molecule has 1 saturated heterocycles. The van der Waals surface area contributed by atoms with E-state index in [1.54, 1.807) is 0 Å². The van der Waals surface area contributed by atoms with Gasteiger partial charge in [0, 0.05) is 6.04 Å². The van der Waals surface area contributed by atoms with Crippen molar-refractivity contribution < 1.29 is 4.79 Å². The number of rotatable bonds is 4. The number of hydrogen-bond donors (Lipinski definition) is 1. The molecule has 2 fully saturated rings. The molecule has 5 unspecified atom stereocenters. The molecule has 0 aromatic heterocycles. The van der Waals surface area contributed by atoms with Crippen LogP contribution in [0.5, 0.6) is 0 Å². The first-order chi connectivity index (χ1) is 9.82. The van der Waals surface area contributed by atoms with Crippen molar-refractivity contribution >= 4 is 5.91 Å². The van der Waals surface area contributed by atoms with Crippen LogP contribution >= 0.6 is 0 Å². The molecule has 0 aromatic rings. The van der Waals surface area contributed by atoms with Crippen molar-refractivity contribution in [2.75, 3.05) is 0 Å². The third kappa shape index (κ3) is 3.44. The molecule has 0 spiro atoms. The van der Waals surface area contributed by atoms with Crippen LogP contribution < -0.4 is 5.32 Å². The first-order valence-electron chi connectivity index (χ1n) is 8.91. The lowest BCUT2D eigenvalue weighted by atomic mass is 9.77. The Morgan fingerprint density at radius 2 is 1.86 bits per heavy atom. The molecule has 2 aliphatic rings. The van der Waals surface area contributed by atoms with E-state index in [0.29, 0.717) is 29.7 Å². The zero-order valence-corrected chi connectivity index (χ0v) is 14.7. The van der Waals surface area contributed by atoms with Crippen molar-refractivity contribution in [1.29, 1.82) is 0 Å². The molecule has 5 atom stereocenters. The number of nitrogens with zero attached hydrogens (tertiary/aromatic N) is 1. The first-order valence-corrected chi connectivity index (χ1v) is 8.91. The molecule has 1 N–H and O–H groups in total. The standard InChI is InChI=1S/C18H34N2O/c1-11(2)10-15-18(21)20(17(19-15)12(3)4)16-9-7-8-13(5)14(16)6/h11-17,19H,7-10H2,1-6H3. The minimum Gasteiger partial charge on any atom is -0.322 e. The maximum Gasteiger partial charge on any atom is 0.241 e. The zero-order chi connectivity index (χ0) is 15.7. The van der Waals surface area contributed by atoms with Crippen LogP contribution in [0.25, 0.3) is 0 Å². The average Bonchev–Trinajstić information content (AvgIpc) is 2.70. The number of amides is 1. The quantitative estimate of drug-likeness (QED) is 0.858. The van der Waals surface area contributed by atoms with Crippen LogP contribution in [0.3, 0.4) is 0 Å². The molecule has 1 aliphatic carbocycles. The van der Waals surface area contributed by atoms with Crippen LogP contribution in [0, 0.1) is 23.7 Å². The summed E-state index contributed by atoms with van der Waals surface area (Å²) in [7, 11) is 0. The second kappa shape index (κ2) is 6.68. The largest absolute Gasteiger partial charge is 0.322 e. The van der Waals surface area contributed by atoms with Gasteiger partial charge in [0.2, 0.25) is 5.91 Å². The molecule has 21 heavy (non-hydrogen) atoms. The summed E-state index contributed by atoms with van der Waals surface area (Å²) in [5.74, 6) is 2.72. The number of carbonyl (C=O) groups excluding carboxylic acids is 1. The number of nitrogens with one attached hydrogen (secondary N) is 1. The molecule has 1 heterocycles. The van der Waals surface area contributed by atoms with Gasteiger partial charge in [-0.2, -0.15) is 0 Å². The Labute approximate surface area is 130 Å². The predicted molar refractivity (Wildman–Crippen MR) is 87.8 cm³/mol. The molecule has 2 rings (SSSR count). The van der Waals surface area contributed by atoms with Crippen LogP contribution in [0.1, 0.15) is 67.2 Å². The van der Waals surface area contributed by atoms with E-state index < -0.39 is 0 Å². The Morgan fingerprint density at radius 1 is 1.19 bits per heavy atom. The van der Waals surface area contributed by atoms with Gasteiger partial charge >= 0.3 is 0 Å². The monoisotopic (exact) mass is 294 g/mol. The highest BCUT2D eigenvalue weighted by molar-refractivity contribution is 5.84. The van der Waals surface area contributed by atoms with Gasteiger partial charge in [0.05, 0.1) is 12.2 Å². The molecule has 122 valence electrons. The van der Waals surface area contributed by atoms with E-state index in [0.717, 1.165) is 12.3 Å². The molecule has 0 radical (unpaired) electrons. The third-order valence-electron chi connectivity index (χ3n) is 5.58. The highest BCUT2D eigenvalue weighted by Crippen LogP contribution is 2.36. The van der Waals surface area contributed by atoms with Gasteiger partial charge in [0.1, 0.15) is 0 Å². The summed E-state index contributed by atoms with van der Waals surface area (Å²) in [5.41, 5.74) is 0. The molecular weight excluding hydrogens is 260 g/mol. The smallest absolute Gasteiger partial charge is 0.241 e. The summed E-state index contributed by atoms with van der Waals surface area (Å²) in [5, 5.41) is 3.63. The van der Waals surface area contributed by atoms with E-state index in [1.165, 1.54) is 19.3 Å². The van der Waals surface area contributed by atoms with Crippen molar-refractivity contribution in [3.05, 3.63) is 0 Å². The highest BCUT2D eigenvalue weighted by Gasteiger charge is 2.46. The van der Waals surface area contributed by atoms with Gasteiger partial charge in [-0.3, -0.25) is 10.1 Å². The molecule has 0 bridgehead atoms. The van der Waals surface area contributed by atoms with Crippen LogP contribution in [0.4, 0.5) is 0 Å². The van der Waals surface area contributed by atoms with Crippen LogP contribution in [0.15, 0.2) is 0 Å². The van der Waals surface area contributed by atoms with Gasteiger partial charge in [0.25, 0.3) is 0 Å². The van der Waals surface area contributed by atoms with Crippen molar-refractivity contribution in [3.63, 3.8) is 0 Å². The molecule has 3 nitrogen and oxygen atoms in total. The SMILES string of the molecule is CC(C)CC1NC(C(C)C)N(C2CCCC(C)C2C)C1=O. The van der Waals surface area contributed by atoms with Gasteiger partial charge in [-0.25, -0.2) is 0 Å². The Balaban J connectivity index is 2.19. The second-order valence-corrected chi connectivity index (χ2v) is 8.12. The Morgan fingerprint density at radius 3 is 2.43 bits per heavy atom. The van der Waals surface area contributed by atoms with E-state index in [2.05, 4.69) is 51.8 Å². The first kappa shape index (κ1) is 16.8. The van der Waals surface area contributed by atoms with Crippen molar-refractivity contribution in [2.24, 2.45) is 23.7 Å². The summed E-state index contributed by atoms with van der Waals surface area (Å²) in [4.78, 5) is 15.2. The van der Waals surface area contributed by atoms with E-state index in [4.69, 9.17) is 0 Å². The van der Waals surface area contributed by atoms with Gasteiger partial charge in [-0.15, -0.1) is 0 Å². The Bertz CT molecular complexity index is 366. The second-order valence-electron chi connectivity index (χ2n) is 8.12. The van der Waals surface area contributed by atoms with E-state index >= 15 is 0 Å². The minimum absolute atomic E-state index is 0.0295. The molecule has 1 amide bonds. The van der Waals surface area contributed by atoms with E-state index in [-0.39, 0.29) is 12.2 Å². The lowest BCUT2D eigenvalue weighted by Gasteiger charge is -2.43. The lowest BCUT2D eigenvalue weighted by Crippen LogP contribution is -2.52. The van der Waals surface area contributed by atoms with E-state index in [9.17, 15) is 4.79 Å². The number of carbonyl (C=O) groups is 1. The summed E-state index contributed by atoms with van der Waals surface area (Å²) in [6.45, 7) is 13.6. The van der Waals surface area contributed by atoms with E-state index in [1.807, 2.05) is 0 Å². The highest BCUT2D eigenvalue weighted by atomic mass is 16.2. The topological polar surface area (TPSA) is 32.3 Å². The maximum atomic E-state index is 13.0. The van der Waals surface area contributed by atoms with Crippen molar-refractivity contribution in [2.45, 2.75) is 85.5 Å². The summed E-state index contributed by atoms with van der Waals surface area (Å²) >= 11 is 0. The molecule has 1 saturated carbocycles. The van der Waals surface area contributed by atoms with Crippen molar-refractivity contribution in [3.8, 4) is 0 Å². The van der Waals surface area contributed by atoms with Gasteiger partial charge in [-0.1, -0.05) is 54.4 Å².